The summed E-state index contributed by atoms with van der Waals surface area (Å²) in [7, 11) is 1.59. The number of para-hydroxylation sites is 2. The van der Waals surface area contributed by atoms with Crippen molar-refractivity contribution in [2.24, 2.45) is 0 Å². The van der Waals surface area contributed by atoms with Gasteiger partial charge in [0.1, 0.15) is 18.0 Å². The Labute approximate surface area is 201 Å². The van der Waals surface area contributed by atoms with Gasteiger partial charge in [0.25, 0.3) is 5.56 Å². The molecule has 0 atom stereocenters. The third-order valence-corrected chi connectivity index (χ3v) is 5.67. The summed E-state index contributed by atoms with van der Waals surface area (Å²) in [6, 6.07) is 23.5. The maximum absolute atomic E-state index is 13.2. The summed E-state index contributed by atoms with van der Waals surface area (Å²) in [5.41, 5.74) is 3.10. The lowest BCUT2D eigenvalue weighted by Gasteiger charge is -2.09. The molecule has 1 amide bonds. The minimum Gasteiger partial charge on any atom is -0.497 e. The largest absolute Gasteiger partial charge is 0.497 e. The summed E-state index contributed by atoms with van der Waals surface area (Å²) < 4.78 is 14.1. The van der Waals surface area contributed by atoms with E-state index in [4.69, 9.17) is 14.5 Å². The van der Waals surface area contributed by atoms with Crippen LogP contribution in [0.1, 0.15) is 6.92 Å². The average Bonchev–Trinajstić information content (AvgIpc) is 3.19. The number of benzene rings is 3. The number of imidazole rings is 1. The van der Waals surface area contributed by atoms with Crippen molar-refractivity contribution in [1.82, 2.24) is 14.0 Å². The molecule has 0 unspecified atom stereocenters. The molecule has 0 aliphatic heterocycles. The number of hydrogen-bond acceptors (Lipinski definition) is 5. The molecule has 0 radical (unpaired) electrons. The third kappa shape index (κ3) is 4.33. The lowest BCUT2D eigenvalue weighted by atomic mass is 10.1. The number of aromatic nitrogens is 3. The highest BCUT2D eigenvalue weighted by Gasteiger charge is 2.17. The van der Waals surface area contributed by atoms with Crippen LogP contribution >= 0.6 is 0 Å². The summed E-state index contributed by atoms with van der Waals surface area (Å²) in [6.45, 7) is 2.47. The van der Waals surface area contributed by atoms with Crippen molar-refractivity contribution < 1.29 is 14.3 Å². The number of nitrogens with zero attached hydrogens (tertiary/aromatic N) is 3. The van der Waals surface area contributed by atoms with Gasteiger partial charge in [0.05, 0.1) is 30.4 Å². The van der Waals surface area contributed by atoms with Crippen LogP contribution in [0.3, 0.4) is 0 Å². The fourth-order valence-electron chi connectivity index (χ4n) is 4.10. The van der Waals surface area contributed by atoms with Crippen LogP contribution in [0.15, 0.2) is 83.7 Å². The predicted molar refractivity (Wildman–Crippen MR) is 135 cm³/mol. The van der Waals surface area contributed by atoms with Gasteiger partial charge in [-0.05, 0) is 55.5 Å². The Morgan fingerprint density at radius 1 is 0.943 bits per heavy atom. The Hall–Kier alpha value is -4.59. The van der Waals surface area contributed by atoms with E-state index in [1.54, 1.807) is 35.9 Å². The number of fused-ring (bicyclic) bond motifs is 3. The molecule has 1 N–H and O–H groups in total. The number of ether oxygens (including phenoxy) is 2. The molecule has 3 aromatic carbocycles. The molecule has 0 aliphatic carbocycles. The van der Waals surface area contributed by atoms with Gasteiger partial charge in [-0.1, -0.05) is 24.3 Å². The highest BCUT2D eigenvalue weighted by Crippen LogP contribution is 2.24. The van der Waals surface area contributed by atoms with E-state index >= 15 is 0 Å². The monoisotopic (exact) mass is 468 g/mol. The lowest BCUT2D eigenvalue weighted by molar-refractivity contribution is -0.116. The second-order valence-corrected chi connectivity index (χ2v) is 7.93. The molecule has 35 heavy (non-hydrogen) atoms. The molecular weight excluding hydrogens is 444 g/mol. The molecule has 0 spiro atoms. The van der Waals surface area contributed by atoms with E-state index < -0.39 is 0 Å². The minimum absolute atomic E-state index is 0.0156. The zero-order chi connectivity index (χ0) is 24.4. The smallest absolute Gasteiger partial charge is 0.260 e. The topological polar surface area (TPSA) is 86.9 Å². The fourth-order valence-corrected chi connectivity index (χ4v) is 4.10. The maximum Gasteiger partial charge on any atom is 0.260 e. The Morgan fingerprint density at radius 2 is 1.71 bits per heavy atom. The number of nitrogens with one attached hydrogen (secondary N) is 1. The van der Waals surface area contributed by atoms with Crippen molar-refractivity contribution in [3.05, 3.63) is 89.2 Å². The molecular formula is C27H24N4O4. The highest BCUT2D eigenvalue weighted by molar-refractivity contribution is 5.92. The van der Waals surface area contributed by atoms with E-state index in [-0.39, 0.29) is 18.0 Å². The molecule has 0 saturated carbocycles. The Balaban J connectivity index is 1.56. The first-order valence-corrected chi connectivity index (χ1v) is 11.3. The van der Waals surface area contributed by atoms with Crippen molar-refractivity contribution in [3.63, 3.8) is 0 Å². The van der Waals surface area contributed by atoms with Crippen LogP contribution in [0.2, 0.25) is 0 Å². The van der Waals surface area contributed by atoms with E-state index in [1.165, 1.54) is 10.5 Å². The molecule has 0 aliphatic rings. The van der Waals surface area contributed by atoms with Crippen molar-refractivity contribution >= 4 is 28.4 Å². The first kappa shape index (κ1) is 22.2. The molecule has 8 nitrogen and oxygen atoms in total. The van der Waals surface area contributed by atoms with E-state index in [1.807, 2.05) is 55.5 Å². The van der Waals surface area contributed by atoms with Crippen molar-refractivity contribution in [3.8, 4) is 22.8 Å². The lowest BCUT2D eigenvalue weighted by Crippen LogP contribution is -2.20. The van der Waals surface area contributed by atoms with Gasteiger partial charge in [-0.25, -0.2) is 9.38 Å². The highest BCUT2D eigenvalue weighted by atomic mass is 16.5. The first-order chi connectivity index (χ1) is 17.1. The van der Waals surface area contributed by atoms with Gasteiger partial charge < -0.3 is 19.4 Å². The minimum atomic E-state index is -0.238. The van der Waals surface area contributed by atoms with Crippen LogP contribution in [0, 0.1) is 0 Å². The number of amides is 1. The van der Waals surface area contributed by atoms with Crippen LogP contribution in [-0.4, -0.2) is 33.6 Å². The number of carbonyl (C=O) groups excluding carboxylic acids is 1. The summed E-state index contributed by atoms with van der Waals surface area (Å²) in [5.74, 6) is 1.55. The van der Waals surface area contributed by atoms with Crippen LogP contribution in [0.4, 0.5) is 5.69 Å². The van der Waals surface area contributed by atoms with Crippen LogP contribution < -0.4 is 20.3 Å². The van der Waals surface area contributed by atoms with E-state index in [9.17, 15) is 9.59 Å². The standard InChI is InChI=1S/C27H24N4O4/c1-3-35-20-13-11-19(12-14-20)28-25(32)17-30-23-9-4-5-10-24(23)31-26(33)16-22(29-27(30)31)18-7-6-8-21(15-18)34-2/h4-16H,3,17H2,1-2H3,(H,28,32). The van der Waals surface area contributed by atoms with Gasteiger partial charge in [0, 0.05) is 17.3 Å². The maximum atomic E-state index is 13.2. The van der Waals surface area contributed by atoms with E-state index in [0.717, 1.165) is 16.8 Å². The zero-order valence-electron chi connectivity index (χ0n) is 19.4. The number of carbonyl (C=O) groups is 1. The fraction of sp³-hybridized carbons (Fsp3) is 0.148. The molecule has 5 rings (SSSR count). The van der Waals surface area contributed by atoms with Gasteiger partial charge in [-0.3, -0.25) is 9.59 Å². The average molecular weight is 469 g/mol. The molecule has 2 aromatic heterocycles. The number of rotatable bonds is 7. The summed E-state index contributed by atoms with van der Waals surface area (Å²) in [5, 5.41) is 2.91. The first-order valence-electron chi connectivity index (χ1n) is 11.3. The molecule has 8 heteroatoms. The molecule has 0 fully saturated rings. The van der Waals surface area contributed by atoms with Gasteiger partial charge in [0.2, 0.25) is 11.7 Å². The third-order valence-electron chi connectivity index (χ3n) is 5.67. The molecule has 5 aromatic rings. The number of methoxy groups -OCH3 is 1. The Kier molecular flexibility index (Phi) is 5.93. The number of anilines is 1. The van der Waals surface area contributed by atoms with Crippen LogP contribution in [0.5, 0.6) is 11.5 Å². The van der Waals surface area contributed by atoms with Crippen molar-refractivity contribution in [1.29, 1.82) is 0 Å². The quantitative estimate of drug-likeness (QED) is 0.384. The molecule has 0 bridgehead atoms. The molecule has 176 valence electrons. The van der Waals surface area contributed by atoms with Gasteiger partial charge in [-0.2, -0.15) is 0 Å². The van der Waals surface area contributed by atoms with Crippen molar-refractivity contribution in [2.45, 2.75) is 13.5 Å². The Bertz CT molecular complexity index is 1590. The van der Waals surface area contributed by atoms with Crippen LogP contribution in [0.25, 0.3) is 28.1 Å². The van der Waals surface area contributed by atoms with Crippen LogP contribution in [-0.2, 0) is 11.3 Å². The van der Waals surface area contributed by atoms with E-state index in [2.05, 4.69) is 5.32 Å². The second kappa shape index (κ2) is 9.34. The second-order valence-electron chi connectivity index (χ2n) is 7.93. The predicted octanol–water partition coefficient (Wildman–Crippen LogP) is 4.36. The Morgan fingerprint density at radius 3 is 2.46 bits per heavy atom. The zero-order valence-corrected chi connectivity index (χ0v) is 19.4. The van der Waals surface area contributed by atoms with Gasteiger partial charge in [0.15, 0.2) is 0 Å². The number of hydrogen-bond donors (Lipinski definition) is 1. The normalized spacial score (nSPS) is 11.0. The molecule has 2 heterocycles. The van der Waals surface area contributed by atoms with Gasteiger partial charge >= 0.3 is 0 Å². The van der Waals surface area contributed by atoms with Crippen molar-refractivity contribution in [2.75, 3.05) is 19.0 Å². The molecule has 0 saturated heterocycles. The summed E-state index contributed by atoms with van der Waals surface area (Å²) in [4.78, 5) is 31.0. The van der Waals surface area contributed by atoms with E-state index in [0.29, 0.717) is 35.0 Å². The summed E-state index contributed by atoms with van der Waals surface area (Å²) in [6.07, 6.45) is 0. The summed E-state index contributed by atoms with van der Waals surface area (Å²) >= 11 is 0. The SMILES string of the molecule is CCOc1ccc(NC(=O)Cn2c3ccccc3n3c(=O)cc(-c4cccc(OC)c4)nc23)cc1. The van der Waals surface area contributed by atoms with Gasteiger partial charge in [-0.15, -0.1) is 0 Å².